The lowest BCUT2D eigenvalue weighted by atomic mass is 10.2. The fourth-order valence-electron chi connectivity index (χ4n) is 2.15. The third kappa shape index (κ3) is 5.68. The van der Waals surface area contributed by atoms with E-state index in [1.165, 1.54) is 20.3 Å². The highest BCUT2D eigenvalue weighted by molar-refractivity contribution is 6.68. The molecule has 140 valence electrons. The van der Waals surface area contributed by atoms with Crippen molar-refractivity contribution < 1.29 is 19.0 Å². The predicted molar refractivity (Wildman–Crippen MR) is 102 cm³/mol. The first-order chi connectivity index (χ1) is 12.3. The second-order valence-corrected chi connectivity index (χ2v) is 7.63. The molecule has 0 heterocycles. The van der Waals surface area contributed by atoms with E-state index in [0.29, 0.717) is 17.1 Å². The number of benzene rings is 2. The van der Waals surface area contributed by atoms with Crippen molar-refractivity contribution in [3.05, 3.63) is 59.7 Å². The maximum atomic E-state index is 12.5. The Morgan fingerprint density at radius 1 is 1.04 bits per heavy atom. The van der Waals surface area contributed by atoms with Crippen LogP contribution in [0.4, 0.5) is 0 Å². The van der Waals surface area contributed by atoms with Crippen LogP contribution in [0.15, 0.2) is 48.5 Å². The number of carbonyl (C=O) groups is 1. The van der Waals surface area contributed by atoms with Crippen molar-refractivity contribution in [1.29, 1.82) is 0 Å². The van der Waals surface area contributed by atoms with Crippen molar-refractivity contribution in [3.8, 4) is 11.5 Å². The first kappa shape index (κ1) is 20.6. The second-order valence-electron chi connectivity index (χ2n) is 5.26. The minimum Gasteiger partial charge on any atom is -0.493 e. The molecular weight excluding hydrogens is 401 g/mol. The van der Waals surface area contributed by atoms with E-state index in [2.05, 4.69) is 5.32 Å². The van der Waals surface area contributed by atoms with E-state index in [4.69, 9.17) is 49.0 Å². The van der Waals surface area contributed by atoms with E-state index < -0.39 is 15.9 Å². The number of ether oxygens (including phenoxy) is 3. The van der Waals surface area contributed by atoms with Gasteiger partial charge >= 0.3 is 0 Å². The topological polar surface area (TPSA) is 56.8 Å². The first-order valence-electron chi connectivity index (χ1n) is 7.60. The van der Waals surface area contributed by atoms with Gasteiger partial charge in [-0.3, -0.25) is 4.79 Å². The Morgan fingerprint density at radius 2 is 1.69 bits per heavy atom. The molecule has 0 aromatic heterocycles. The second kappa shape index (κ2) is 9.33. The molecule has 26 heavy (non-hydrogen) atoms. The number of methoxy groups -OCH3 is 2. The Kier molecular flexibility index (Phi) is 7.41. The number of rotatable bonds is 7. The van der Waals surface area contributed by atoms with E-state index in [1.54, 1.807) is 12.1 Å². The first-order valence-corrected chi connectivity index (χ1v) is 8.73. The van der Waals surface area contributed by atoms with Crippen LogP contribution in [0.1, 0.15) is 15.9 Å². The number of carbonyl (C=O) groups excluding carboxylic acids is 1. The quantitative estimate of drug-likeness (QED) is 0.536. The third-order valence-electron chi connectivity index (χ3n) is 3.46. The summed E-state index contributed by atoms with van der Waals surface area (Å²) in [6.07, 6.45) is -1.15. The van der Waals surface area contributed by atoms with E-state index in [0.717, 1.165) is 5.56 Å². The largest absolute Gasteiger partial charge is 0.493 e. The molecule has 0 aliphatic carbocycles. The summed E-state index contributed by atoms with van der Waals surface area (Å²) in [6.45, 7) is 0.172. The van der Waals surface area contributed by atoms with Crippen LogP contribution in [0, 0.1) is 0 Å². The summed E-state index contributed by atoms with van der Waals surface area (Å²) < 4.78 is 14.1. The van der Waals surface area contributed by atoms with Gasteiger partial charge in [0.1, 0.15) is 0 Å². The third-order valence-corrected chi connectivity index (χ3v) is 4.06. The summed E-state index contributed by atoms with van der Waals surface area (Å²) in [5, 5.41) is 2.58. The van der Waals surface area contributed by atoms with Crippen molar-refractivity contribution >= 4 is 40.7 Å². The molecule has 2 aromatic rings. The Labute approximate surface area is 167 Å². The van der Waals surface area contributed by atoms with Crippen molar-refractivity contribution in [2.24, 2.45) is 0 Å². The number of halogens is 3. The minimum atomic E-state index is -1.85. The molecule has 0 radical (unpaired) electrons. The van der Waals surface area contributed by atoms with Crippen LogP contribution < -0.4 is 14.8 Å². The standard InChI is InChI=1S/C18H18Cl3NO4/c1-24-14-9-8-13(10-15(14)25-2)16(23)22-17(18(19,20)21)26-11-12-6-4-3-5-7-12/h3-10,17H,11H2,1-2H3,(H,22,23)/t17-/m0/s1. The molecule has 0 saturated heterocycles. The SMILES string of the molecule is COc1ccc(C(=O)N[C@@H](OCc2ccccc2)C(Cl)(Cl)Cl)cc1OC. The monoisotopic (exact) mass is 417 g/mol. The Balaban J connectivity index is 2.11. The van der Waals surface area contributed by atoms with Crippen molar-refractivity contribution in [3.63, 3.8) is 0 Å². The summed E-state index contributed by atoms with van der Waals surface area (Å²) in [6, 6.07) is 14.1. The highest BCUT2D eigenvalue weighted by Crippen LogP contribution is 2.32. The lowest BCUT2D eigenvalue weighted by Gasteiger charge is -2.25. The van der Waals surface area contributed by atoms with E-state index in [-0.39, 0.29) is 6.61 Å². The van der Waals surface area contributed by atoms with Gasteiger partial charge in [-0.05, 0) is 23.8 Å². The minimum absolute atomic E-state index is 0.172. The van der Waals surface area contributed by atoms with Crippen LogP contribution in [0.3, 0.4) is 0 Å². The predicted octanol–water partition coefficient (Wildman–Crippen LogP) is 4.35. The molecule has 5 nitrogen and oxygen atoms in total. The summed E-state index contributed by atoms with van der Waals surface area (Å²) in [5.74, 6) is 0.438. The van der Waals surface area contributed by atoms with Gasteiger partial charge in [-0.15, -0.1) is 0 Å². The number of amides is 1. The number of nitrogens with one attached hydrogen (secondary N) is 1. The van der Waals surface area contributed by atoms with E-state index in [1.807, 2.05) is 30.3 Å². The maximum Gasteiger partial charge on any atom is 0.253 e. The normalized spacial score (nSPS) is 12.3. The van der Waals surface area contributed by atoms with Crippen molar-refractivity contribution in [1.82, 2.24) is 5.32 Å². The van der Waals surface area contributed by atoms with Gasteiger partial charge in [0.05, 0.1) is 20.8 Å². The van der Waals surface area contributed by atoms with Crippen LogP contribution in [-0.4, -0.2) is 30.1 Å². The summed E-state index contributed by atoms with van der Waals surface area (Å²) in [7, 11) is 2.99. The summed E-state index contributed by atoms with van der Waals surface area (Å²) in [5.41, 5.74) is 1.19. The van der Waals surface area contributed by atoms with Crippen LogP contribution in [0.5, 0.6) is 11.5 Å². The number of hydrogen-bond donors (Lipinski definition) is 1. The zero-order chi connectivity index (χ0) is 19.2. The molecule has 1 atom stereocenters. The molecule has 0 fully saturated rings. The molecule has 0 bridgehead atoms. The number of hydrogen-bond acceptors (Lipinski definition) is 4. The van der Waals surface area contributed by atoms with Crippen LogP contribution in [0.2, 0.25) is 0 Å². The zero-order valence-corrected chi connectivity index (χ0v) is 16.4. The Morgan fingerprint density at radius 3 is 2.27 bits per heavy atom. The molecule has 1 amide bonds. The molecule has 0 spiro atoms. The molecular formula is C18H18Cl3NO4. The van der Waals surface area contributed by atoms with Gasteiger partial charge in [-0.2, -0.15) is 0 Å². The molecule has 1 N–H and O–H groups in total. The molecule has 2 rings (SSSR count). The van der Waals surface area contributed by atoms with E-state index in [9.17, 15) is 4.79 Å². The van der Waals surface area contributed by atoms with Gasteiger partial charge in [0.15, 0.2) is 17.7 Å². The van der Waals surface area contributed by atoms with Crippen LogP contribution >= 0.6 is 34.8 Å². The van der Waals surface area contributed by atoms with Gasteiger partial charge in [0.25, 0.3) is 5.91 Å². The average Bonchev–Trinajstić information content (AvgIpc) is 2.64. The van der Waals surface area contributed by atoms with Gasteiger partial charge in [0.2, 0.25) is 3.79 Å². The molecule has 0 saturated carbocycles. The maximum absolute atomic E-state index is 12.5. The average molecular weight is 419 g/mol. The van der Waals surface area contributed by atoms with Gasteiger partial charge in [0, 0.05) is 5.56 Å². The lowest BCUT2D eigenvalue weighted by molar-refractivity contribution is 0.0198. The fraction of sp³-hybridized carbons (Fsp3) is 0.278. The summed E-state index contributed by atoms with van der Waals surface area (Å²) >= 11 is 17.8. The van der Waals surface area contributed by atoms with Crippen molar-refractivity contribution in [2.45, 2.75) is 16.6 Å². The molecule has 0 unspecified atom stereocenters. The highest BCUT2D eigenvalue weighted by Gasteiger charge is 2.35. The van der Waals surface area contributed by atoms with Crippen molar-refractivity contribution in [2.75, 3.05) is 14.2 Å². The lowest BCUT2D eigenvalue weighted by Crippen LogP contribution is -2.45. The fourth-order valence-corrected chi connectivity index (χ4v) is 2.50. The van der Waals surface area contributed by atoms with Gasteiger partial charge < -0.3 is 19.5 Å². The smallest absolute Gasteiger partial charge is 0.253 e. The Bertz CT molecular complexity index is 735. The van der Waals surface area contributed by atoms with Crippen LogP contribution in [0.25, 0.3) is 0 Å². The zero-order valence-electron chi connectivity index (χ0n) is 14.2. The molecule has 2 aromatic carbocycles. The number of alkyl halides is 3. The van der Waals surface area contributed by atoms with Gasteiger partial charge in [-0.1, -0.05) is 65.1 Å². The summed E-state index contributed by atoms with van der Waals surface area (Å²) in [4.78, 5) is 12.5. The van der Waals surface area contributed by atoms with Gasteiger partial charge in [-0.25, -0.2) is 0 Å². The Hall–Kier alpha value is -1.66. The van der Waals surface area contributed by atoms with Crippen LogP contribution in [-0.2, 0) is 11.3 Å². The molecule has 0 aliphatic heterocycles. The highest BCUT2D eigenvalue weighted by atomic mass is 35.6. The molecule has 0 aliphatic rings. The molecule has 8 heteroatoms. The van der Waals surface area contributed by atoms with E-state index >= 15 is 0 Å².